The van der Waals surface area contributed by atoms with Gasteiger partial charge in [0.25, 0.3) is 0 Å². The second-order valence-electron chi connectivity index (χ2n) is 4.35. The van der Waals surface area contributed by atoms with Crippen molar-refractivity contribution in [3.8, 4) is 0 Å². The topological polar surface area (TPSA) is 9.23 Å². The summed E-state index contributed by atoms with van der Waals surface area (Å²) in [5.74, 6) is 1.52. The lowest BCUT2D eigenvalue weighted by Gasteiger charge is -2.31. The van der Waals surface area contributed by atoms with Gasteiger partial charge in [-0.05, 0) is 32.1 Å². The Bertz CT molecular complexity index is 197. The van der Waals surface area contributed by atoms with Gasteiger partial charge in [0, 0.05) is 12.5 Å². The number of hydrogen-bond acceptors (Lipinski definition) is 1. The molecule has 0 amide bonds. The van der Waals surface area contributed by atoms with Crippen molar-refractivity contribution >= 4 is 0 Å². The maximum Gasteiger partial charge on any atom is 0.0722 e. The van der Waals surface area contributed by atoms with Crippen LogP contribution in [0.4, 0.5) is 0 Å². The second-order valence-corrected chi connectivity index (χ2v) is 4.35. The minimum atomic E-state index is 0.176. The van der Waals surface area contributed by atoms with E-state index in [4.69, 9.17) is 4.74 Å². The predicted octanol–water partition coefficient (Wildman–Crippen LogP) is 2.77. The van der Waals surface area contributed by atoms with Crippen LogP contribution >= 0.6 is 0 Å². The van der Waals surface area contributed by atoms with E-state index in [0.29, 0.717) is 5.92 Å². The quantitative estimate of drug-likeness (QED) is 0.586. The highest BCUT2D eigenvalue weighted by molar-refractivity contribution is 5.15. The summed E-state index contributed by atoms with van der Waals surface area (Å²) < 4.78 is 5.92. The fraction of sp³-hybridized carbons (Fsp3) is 0.818. The van der Waals surface area contributed by atoms with Crippen molar-refractivity contribution in [1.29, 1.82) is 0 Å². The Hall–Kier alpha value is -0.300. The SMILES string of the molecule is CCCO[C@@]1(C)C[C@@H]2C=C[C@H]1C2. The highest BCUT2D eigenvalue weighted by atomic mass is 16.5. The molecule has 2 bridgehead atoms. The summed E-state index contributed by atoms with van der Waals surface area (Å²) in [5, 5.41) is 0. The van der Waals surface area contributed by atoms with Gasteiger partial charge in [-0.15, -0.1) is 0 Å². The van der Waals surface area contributed by atoms with E-state index < -0.39 is 0 Å². The van der Waals surface area contributed by atoms with Crippen LogP contribution in [0.25, 0.3) is 0 Å². The molecule has 0 aromatic carbocycles. The van der Waals surface area contributed by atoms with E-state index in [2.05, 4.69) is 26.0 Å². The summed E-state index contributed by atoms with van der Waals surface area (Å²) in [5.41, 5.74) is 0.176. The Morgan fingerprint density at radius 3 is 2.83 bits per heavy atom. The molecule has 2 aliphatic carbocycles. The molecule has 1 fully saturated rings. The van der Waals surface area contributed by atoms with Crippen molar-refractivity contribution in [3.63, 3.8) is 0 Å². The fourth-order valence-electron chi connectivity index (χ4n) is 2.55. The first-order valence-electron chi connectivity index (χ1n) is 5.07. The van der Waals surface area contributed by atoms with E-state index in [1.54, 1.807) is 0 Å². The van der Waals surface area contributed by atoms with Gasteiger partial charge in [0.2, 0.25) is 0 Å². The van der Waals surface area contributed by atoms with Crippen LogP contribution in [-0.2, 0) is 4.74 Å². The van der Waals surface area contributed by atoms with Gasteiger partial charge in [0.1, 0.15) is 0 Å². The summed E-state index contributed by atoms with van der Waals surface area (Å²) in [6, 6.07) is 0. The first-order chi connectivity index (χ1) is 5.74. The van der Waals surface area contributed by atoms with E-state index in [9.17, 15) is 0 Å². The van der Waals surface area contributed by atoms with Crippen LogP contribution in [0, 0.1) is 11.8 Å². The lowest BCUT2D eigenvalue weighted by molar-refractivity contribution is -0.0495. The van der Waals surface area contributed by atoms with Crippen molar-refractivity contribution in [1.82, 2.24) is 0 Å². The van der Waals surface area contributed by atoms with Crippen LogP contribution in [0.1, 0.15) is 33.1 Å². The van der Waals surface area contributed by atoms with Gasteiger partial charge in [-0.2, -0.15) is 0 Å². The van der Waals surface area contributed by atoms with Crippen LogP contribution in [0.5, 0.6) is 0 Å². The van der Waals surface area contributed by atoms with Gasteiger partial charge < -0.3 is 4.74 Å². The molecule has 2 aliphatic rings. The average molecular weight is 166 g/mol. The Kier molecular flexibility index (Phi) is 1.99. The summed E-state index contributed by atoms with van der Waals surface area (Å²) in [4.78, 5) is 0. The summed E-state index contributed by atoms with van der Waals surface area (Å²) in [6.07, 6.45) is 8.43. The van der Waals surface area contributed by atoms with Crippen LogP contribution in [0.15, 0.2) is 12.2 Å². The predicted molar refractivity (Wildman–Crippen MR) is 50.0 cm³/mol. The van der Waals surface area contributed by atoms with Crippen molar-refractivity contribution < 1.29 is 4.74 Å². The van der Waals surface area contributed by atoms with Gasteiger partial charge in [-0.25, -0.2) is 0 Å². The van der Waals surface area contributed by atoms with Gasteiger partial charge in [0.05, 0.1) is 5.60 Å². The monoisotopic (exact) mass is 166 g/mol. The number of hydrogen-bond donors (Lipinski definition) is 0. The Morgan fingerprint density at radius 1 is 1.50 bits per heavy atom. The third kappa shape index (κ3) is 1.20. The second kappa shape index (κ2) is 2.88. The molecule has 0 aliphatic heterocycles. The summed E-state index contributed by atoms with van der Waals surface area (Å²) in [7, 11) is 0. The number of rotatable bonds is 3. The smallest absolute Gasteiger partial charge is 0.0722 e. The number of ether oxygens (including phenoxy) is 1. The van der Waals surface area contributed by atoms with E-state index in [1.807, 2.05) is 0 Å². The largest absolute Gasteiger partial charge is 0.375 e. The number of allylic oxidation sites excluding steroid dienone is 1. The normalized spacial score (nSPS) is 44.2. The highest BCUT2D eigenvalue weighted by Gasteiger charge is 2.45. The molecule has 0 saturated heterocycles. The molecule has 68 valence electrons. The molecule has 12 heavy (non-hydrogen) atoms. The van der Waals surface area contributed by atoms with E-state index in [1.165, 1.54) is 12.8 Å². The lowest BCUT2D eigenvalue weighted by atomic mass is 9.90. The highest BCUT2D eigenvalue weighted by Crippen LogP contribution is 2.48. The molecule has 2 rings (SSSR count). The van der Waals surface area contributed by atoms with Crippen LogP contribution < -0.4 is 0 Å². The summed E-state index contributed by atoms with van der Waals surface area (Å²) >= 11 is 0. The van der Waals surface area contributed by atoms with E-state index >= 15 is 0 Å². The minimum absolute atomic E-state index is 0.176. The molecule has 3 atom stereocenters. The van der Waals surface area contributed by atoms with Crippen molar-refractivity contribution in [2.45, 2.75) is 38.7 Å². The number of fused-ring (bicyclic) bond motifs is 2. The molecule has 0 spiro atoms. The maximum atomic E-state index is 5.92. The zero-order valence-corrected chi connectivity index (χ0v) is 8.05. The average Bonchev–Trinajstić information content (AvgIpc) is 2.60. The Morgan fingerprint density at radius 2 is 2.33 bits per heavy atom. The van der Waals surface area contributed by atoms with Gasteiger partial charge in [-0.3, -0.25) is 0 Å². The molecule has 0 aromatic rings. The van der Waals surface area contributed by atoms with Crippen LogP contribution in [0.2, 0.25) is 0 Å². The van der Waals surface area contributed by atoms with Crippen molar-refractivity contribution in [2.75, 3.05) is 6.61 Å². The molecule has 1 heteroatoms. The first kappa shape index (κ1) is 8.31. The van der Waals surface area contributed by atoms with Gasteiger partial charge in [0.15, 0.2) is 0 Å². The first-order valence-corrected chi connectivity index (χ1v) is 5.07. The zero-order valence-electron chi connectivity index (χ0n) is 8.05. The van der Waals surface area contributed by atoms with Crippen molar-refractivity contribution in [3.05, 3.63) is 12.2 Å². The zero-order chi connectivity index (χ0) is 8.60. The Balaban J connectivity index is 1.99. The molecule has 0 unspecified atom stereocenters. The molecular weight excluding hydrogens is 148 g/mol. The molecule has 1 nitrogen and oxygen atoms in total. The third-order valence-electron chi connectivity index (χ3n) is 3.26. The molecule has 0 N–H and O–H groups in total. The molecule has 1 saturated carbocycles. The fourth-order valence-corrected chi connectivity index (χ4v) is 2.55. The minimum Gasteiger partial charge on any atom is -0.375 e. The molecule has 0 radical (unpaired) electrons. The third-order valence-corrected chi connectivity index (χ3v) is 3.26. The van der Waals surface area contributed by atoms with Gasteiger partial charge >= 0.3 is 0 Å². The van der Waals surface area contributed by atoms with Crippen molar-refractivity contribution in [2.24, 2.45) is 11.8 Å². The van der Waals surface area contributed by atoms with Crippen LogP contribution in [0.3, 0.4) is 0 Å². The Labute approximate surface area is 74.8 Å². The molecule has 0 heterocycles. The molecule has 0 aromatic heterocycles. The lowest BCUT2D eigenvalue weighted by Crippen LogP contribution is -2.33. The van der Waals surface area contributed by atoms with E-state index in [0.717, 1.165) is 18.9 Å². The van der Waals surface area contributed by atoms with Gasteiger partial charge in [-0.1, -0.05) is 19.1 Å². The maximum absolute atomic E-state index is 5.92. The standard InChI is InChI=1S/C11H18O/c1-3-6-12-11(2)8-9-4-5-10(11)7-9/h4-5,9-10H,3,6-8H2,1-2H3/t9-,10+,11+/m1/s1. The molecular formula is C11H18O. The van der Waals surface area contributed by atoms with Crippen LogP contribution in [-0.4, -0.2) is 12.2 Å². The summed E-state index contributed by atoms with van der Waals surface area (Å²) in [6.45, 7) is 5.37. The van der Waals surface area contributed by atoms with E-state index in [-0.39, 0.29) is 5.60 Å².